The van der Waals surface area contributed by atoms with Gasteiger partial charge in [0.05, 0.1) is 22.3 Å². The van der Waals surface area contributed by atoms with Crippen molar-refractivity contribution in [3.8, 4) is 0 Å². The highest BCUT2D eigenvalue weighted by atomic mass is 32.2. The number of fused-ring (bicyclic) bond motifs is 2. The summed E-state index contributed by atoms with van der Waals surface area (Å²) in [6.07, 6.45) is 0. The van der Waals surface area contributed by atoms with Crippen molar-refractivity contribution < 1.29 is 34.1 Å². The van der Waals surface area contributed by atoms with E-state index in [0.717, 1.165) is 9.79 Å². The van der Waals surface area contributed by atoms with Gasteiger partial charge in [0, 0.05) is 41.7 Å². The van der Waals surface area contributed by atoms with E-state index in [1.807, 2.05) is 24.3 Å². The number of hydrogen-bond acceptors (Lipinski definition) is 9. The molecule has 47 heavy (non-hydrogen) atoms. The van der Waals surface area contributed by atoms with E-state index in [-0.39, 0.29) is 33.0 Å². The number of hydrogen-bond donors (Lipinski definition) is 4. The van der Waals surface area contributed by atoms with Crippen LogP contribution in [0.1, 0.15) is 41.4 Å². The second kappa shape index (κ2) is 12.9. The Morgan fingerprint density at radius 1 is 0.468 bits per heavy atom. The van der Waals surface area contributed by atoms with Crippen LogP contribution in [0.25, 0.3) is 21.5 Å². The van der Waals surface area contributed by atoms with Crippen LogP contribution in [0.5, 0.6) is 0 Å². The van der Waals surface area contributed by atoms with Crippen molar-refractivity contribution >= 4 is 80.3 Å². The number of nitrogen functional groups attached to an aromatic ring is 2. The van der Waals surface area contributed by atoms with Crippen molar-refractivity contribution in [1.29, 1.82) is 0 Å². The maximum absolute atomic E-state index is 13.6. The molecule has 0 aliphatic carbocycles. The van der Waals surface area contributed by atoms with E-state index in [1.54, 1.807) is 60.7 Å². The van der Waals surface area contributed by atoms with Crippen molar-refractivity contribution in [1.82, 2.24) is 0 Å². The summed E-state index contributed by atoms with van der Waals surface area (Å²) in [5.74, 6) is -4.75. The Labute approximate surface area is 276 Å². The monoisotopic (exact) mass is 660 g/mol. The first kappa shape index (κ1) is 31.2. The van der Waals surface area contributed by atoms with Crippen LogP contribution in [0.15, 0.2) is 129 Å². The maximum Gasteiger partial charge on any atom is 0.346 e. The number of aromatic carboxylic acids is 2. The lowest BCUT2D eigenvalue weighted by Gasteiger charge is -2.15. The zero-order valence-corrected chi connectivity index (χ0v) is 25.9. The van der Waals surface area contributed by atoms with Crippen LogP contribution in [0.3, 0.4) is 0 Å². The van der Waals surface area contributed by atoms with Gasteiger partial charge in [-0.3, -0.25) is 0 Å². The Morgan fingerprint density at radius 2 is 0.872 bits per heavy atom. The number of benzene rings is 6. The lowest BCUT2D eigenvalue weighted by atomic mass is 9.98. The quantitative estimate of drug-likeness (QED) is 0.0712. The van der Waals surface area contributed by atoms with Gasteiger partial charge >= 0.3 is 23.9 Å². The van der Waals surface area contributed by atoms with E-state index in [9.17, 15) is 29.4 Å². The van der Waals surface area contributed by atoms with Gasteiger partial charge in [-0.2, -0.15) is 0 Å². The van der Waals surface area contributed by atoms with Gasteiger partial charge in [0.1, 0.15) is 0 Å². The Bertz CT molecular complexity index is 2110. The van der Waals surface area contributed by atoms with Crippen molar-refractivity contribution in [2.24, 2.45) is 0 Å². The molecule has 6 aromatic rings. The molecule has 0 spiro atoms. The first-order valence-electron chi connectivity index (χ1n) is 14.0. The summed E-state index contributed by atoms with van der Waals surface area (Å²) in [7, 11) is 0. The highest BCUT2D eigenvalue weighted by molar-refractivity contribution is 8.00. The second-order valence-electron chi connectivity index (χ2n) is 10.2. The molecular weight excluding hydrogens is 637 g/mol. The van der Waals surface area contributed by atoms with Crippen LogP contribution >= 0.6 is 23.5 Å². The van der Waals surface area contributed by atoms with Gasteiger partial charge in [0.25, 0.3) is 0 Å². The third-order valence-corrected chi connectivity index (χ3v) is 9.70. The van der Waals surface area contributed by atoms with Crippen LogP contribution in [0.4, 0.5) is 11.4 Å². The predicted molar refractivity (Wildman–Crippen MR) is 182 cm³/mol. The molecule has 0 heterocycles. The smallest absolute Gasteiger partial charge is 0.346 e. The molecule has 0 saturated heterocycles. The van der Waals surface area contributed by atoms with Gasteiger partial charge in [0.15, 0.2) is 0 Å². The Kier molecular flexibility index (Phi) is 8.57. The SMILES string of the molecule is Nc1ccccc1Sc1ccc(C(=O)OC(=O)c2ccc(Sc3ccccc3N)c3cccc(C(=O)O)c23)c2c(C(=O)O)cccc12. The van der Waals surface area contributed by atoms with E-state index in [1.165, 1.54) is 47.8 Å². The predicted octanol–water partition coefficient (Wildman–Crippen LogP) is 7.85. The lowest BCUT2D eigenvalue weighted by molar-refractivity contribution is 0.0400. The molecule has 0 fully saturated rings. The zero-order chi connectivity index (χ0) is 33.2. The zero-order valence-electron chi connectivity index (χ0n) is 24.3. The largest absolute Gasteiger partial charge is 0.478 e. The summed E-state index contributed by atoms with van der Waals surface area (Å²) >= 11 is 2.60. The van der Waals surface area contributed by atoms with E-state index in [0.29, 0.717) is 31.9 Å². The lowest BCUT2D eigenvalue weighted by Crippen LogP contribution is -2.15. The molecule has 0 atom stereocenters. The minimum Gasteiger partial charge on any atom is -0.478 e. The summed E-state index contributed by atoms with van der Waals surface area (Å²) in [5.41, 5.74) is 12.7. The van der Waals surface area contributed by atoms with Gasteiger partial charge in [0.2, 0.25) is 0 Å². The molecule has 6 rings (SSSR count). The van der Waals surface area contributed by atoms with Gasteiger partial charge in [-0.25, -0.2) is 19.2 Å². The average molecular weight is 661 g/mol. The molecule has 0 amide bonds. The summed E-state index contributed by atoms with van der Waals surface area (Å²) in [6, 6.07) is 29.6. The van der Waals surface area contributed by atoms with Crippen molar-refractivity contribution in [3.63, 3.8) is 0 Å². The number of ether oxygens (including phenoxy) is 1. The maximum atomic E-state index is 13.6. The molecule has 0 radical (unpaired) electrons. The number of carboxylic acids is 2. The van der Waals surface area contributed by atoms with Crippen LogP contribution in [-0.2, 0) is 4.74 Å². The number of para-hydroxylation sites is 2. The van der Waals surface area contributed by atoms with Gasteiger partial charge in [-0.1, -0.05) is 72.1 Å². The molecule has 0 unspecified atom stereocenters. The van der Waals surface area contributed by atoms with Crippen molar-refractivity contribution in [3.05, 3.63) is 131 Å². The summed E-state index contributed by atoms with van der Waals surface area (Å²) in [5, 5.41) is 21.1. The number of esters is 2. The van der Waals surface area contributed by atoms with Crippen LogP contribution < -0.4 is 11.5 Å². The molecule has 0 aliphatic heterocycles. The Balaban J connectivity index is 1.42. The summed E-state index contributed by atoms with van der Waals surface area (Å²) in [4.78, 5) is 54.6. The van der Waals surface area contributed by atoms with E-state index in [2.05, 4.69) is 0 Å². The number of rotatable bonds is 8. The third-order valence-electron chi connectivity index (χ3n) is 7.37. The topological polar surface area (TPSA) is 170 Å². The van der Waals surface area contributed by atoms with Crippen LogP contribution in [0.2, 0.25) is 0 Å². The Morgan fingerprint density at radius 3 is 1.26 bits per heavy atom. The normalized spacial score (nSPS) is 11.0. The minimum atomic E-state index is -1.28. The molecule has 6 aromatic carbocycles. The Hall–Kier alpha value is -5.78. The highest BCUT2D eigenvalue weighted by Crippen LogP contribution is 2.40. The number of carbonyl (C=O) groups excluding carboxylic acids is 2. The minimum absolute atomic E-state index is 0.0839. The first-order valence-corrected chi connectivity index (χ1v) is 15.7. The fourth-order valence-electron chi connectivity index (χ4n) is 5.21. The highest BCUT2D eigenvalue weighted by Gasteiger charge is 2.26. The number of carbonyl (C=O) groups is 4. The molecule has 6 N–H and O–H groups in total. The molecular formula is C36H24N2O7S2. The number of anilines is 2. The molecule has 232 valence electrons. The molecule has 0 bridgehead atoms. The van der Waals surface area contributed by atoms with E-state index >= 15 is 0 Å². The fourth-order valence-corrected chi connectivity index (χ4v) is 7.18. The van der Waals surface area contributed by atoms with Gasteiger partial charge < -0.3 is 26.4 Å². The molecule has 0 aromatic heterocycles. The van der Waals surface area contributed by atoms with Crippen molar-refractivity contribution in [2.45, 2.75) is 19.6 Å². The fraction of sp³-hybridized carbons (Fsp3) is 0. The van der Waals surface area contributed by atoms with Gasteiger partial charge in [-0.15, -0.1) is 0 Å². The van der Waals surface area contributed by atoms with E-state index in [4.69, 9.17) is 16.2 Å². The van der Waals surface area contributed by atoms with E-state index < -0.39 is 23.9 Å². The molecule has 0 saturated carbocycles. The van der Waals surface area contributed by atoms with Crippen molar-refractivity contribution in [2.75, 3.05) is 11.5 Å². The van der Waals surface area contributed by atoms with Crippen LogP contribution in [-0.4, -0.2) is 34.1 Å². The third kappa shape index (κ3) is 6.09. The average Bonchev–Trinajstić information content (AvgIpc) is 3.06. The number of carboxylic acid groups (broad SMARTS) is 2. The standard InChI is InChI=1S/C36H24N2O7S2/c37-25-11-1-3-13-29(25)46-27-17-15-23(31-19(27)7-5-9-21(31)33(39)40)35(43)45-36(44)24-16-18-28(47-30-14-4-2-12-26(30)38)20-8-6-10-22(32(20)24)34(41)42/h1-18H,37-38H2,(H,39,40)(H,41,42). The second-order valence-corrected chi connectivity index (χ2v) is 12.4. The summed E-state index contributed by atoms with van der Waals surface area (Å²) in [6.45, 7) is 0. The summed E-state index contributed by atoms with van der Waals surface area (Å²) < 4.78 is 5.35. The molecule has 9 nitrogen and oxygen atoms in total. The number of nitrogens with two attached hydrogens (primary N) is 2. The molecule has 0 aliphatic rings. The van der Waals surface area contributed by atoms with Gasteiger partial charge in [-0.05, 0) is 71.4 Å². The molecule has 11 heteroatoms. The first-order chi connectivity index (χ1) is 22.6. The van der Waals surface area contributed by atoms with Crippen LogP contribution in [0, 0.1) is 0 Å².